The van der Waals surface area contributed by atoms with Crippen LogP contribution < -0.4 is 20.9 Å². The van der Waals surface area contributed by atoms with Crippen molar-refractivity contribution in [3.8, 4) is 16.9 Å². The summed E-state index contributed by atoms with van der Waals surface area (Å²) in [5.74, 6) is 0.331. The SMILES string of the molecule is CNc1ccc2c(=O)n(-c3ccc(NC(=O)NS(=O)(=O)c4ccc(C)s4)cn3)cc(-c3ccncc3)c2c1. The molecule has 0 aliphatic carbocycles. The molecule has 0 spiro atoms. The smallest absolute Gasteiger partial charge is 0.333 e. The predicted octanol–water partition coefficient (Wildman–Crippen LogP) is 4.37. The number of urea groups is 1. The number of pyridine rings is 3. The Bertz CT molecular complexity index is 1810. The van der Waals surface area contributed by atoms with Gasteiger partial charge in [-0.3, -0.25) is 14.3 Å². The first-order chi connectivity index (χ1) is 18.2. The maximum atomic E-state index is 13.4. The van der Waals surface area contributed by atoms with E-state index < -0.39 is 16.1 Å². The van der Waals surface area contributed by atoms with Gasteiger partial charge in [-0.15, -0.1) is 11.3 Å². The zero-order valence-electron chi connectivity index (χ0n) is 20.3. The van der Waals surface area contributed by atoms with E-state index in [4.69, 9.17) is 0 Å². The monoisotopic (exact) mass is 546 g/mol. The molecule has 10 nitrogen and oxygen atoms in total. The second-order valence-corrected chi connectivity index (χ2v) is 11.5. The normalized spacial score (nSPS) is 11.3. The molecule has 0 bridgehead atoms. The van der Waals surface area contributed by atoms with Crippen LogP contribution in [-0.2, 0) is 10.0 Å². The second kappa shape index (κ2) is 10.1. The standard InChI is InChI=1S/C26H22N6O4S2/c1-16-3-8-24(37-16)38(35,36)31-26(34)30-19-5-7-23(29-14-19)32-15-22(17-9-11-28-12-10-17)21-13-18(27-2)4-6-20(21)25(32)33/h3-15,27H,1-2H3,(H2,30,31,34). The number of aromatic nitrogens is 3. The summed E-state index contributed by atoms with van der Waals surface area (Å²) in [5, 5.41) is 6.85. The Morgan fingerprint density at radius 2 is 1.74 bits per heavy atom. The fourth-order valence-electron chi connectivity index (χ4n) is 3.92. The van der Waals surface area contributed by atoms with Crippen LogP contribution in [0.3, 0.4) is 0 Å². The minimum atomic E-state index is -3.99. The van der Waals surface area contributed by atoms with E-state index in [0.717, 1.165) is 38.4 Å². The number of aryl methyl sites for hydroxylation is 1. The number of amides is 2. The molecular weight excluding hydrogens is 524 g/mol. The molecule has 0 aliphatic heterocycles. The summed E-state index contributed by atoms with van der Waals surface area (Å²) in [5.41, 5.74) is 2.56. The summed E-state index contributed by atoms with van der Waals surface area (Å²) in [6, 6.07) is 14.5. The third-order valence-corrected chi connectivity index (χ3v) is 8.58. The van der Waals surface area contributed by atoms with Gasteiger partial charge in [0.1, 0.15) is 10.0 Å². The number of anilines is 2. The summed E-state index contributed by atoms with van der Waals surface area (Å²) in [7, 11) is -2.18. The summed E-state index contributed by atoms with van der Waals surface area (Å²) in [6.07, 6.45) is 6.44. The summed E-state index contributed by atoms with van der Waals surface area (Å²) in [4.78, 5) is 35.0. The van der Waals surface area contributed by atoms with Crippen LogP contribution in [0.2, 0.25) is 0 Å². The molecular formula is C26H22N6O4S2. The van der Waals surface area contributed by atoms with Crippen molar-refractivity contribution in [1.82, 2.24) is 19.3 Å². The van der Waals surface area contributed by atoms with Gasteiger partial charge in [0.2, 0.25) is 0 Å². The molecule has 1 aromatic carbocycles. The van der Waals surface area contributed by atoms with Crippen LogP contribution in [0, 0.1) is 6.92 Å². The Morgan fingerprint density at radius 3 is 2.39 bits per heavy atom. The lowest BCUT2D eigenvalue weighted by molar-refractivity contribution is 0.256. The molecule has 0 unspecified atom stereocenters. The Hall–Kier alpha value is -4.55. The zero-order valence-corrected chi connectivity index (χ0v) is 21.9. The first kappa shape index (κ1) is 25.1. The third-order valence-electron chi connectivity index (χ3n) is 5.76. The molecule has 5 rings (SSSR count). The van der Waals surface area contributed by atoms with Crippen molar-refractivity contribution in [2.45, 2.75) is 11.1 Å². The molecule has 38 heavy (non-hydrogen) atoms. The number of carbonyl (C=O) groups excluding carboxylic acids is 1. The van der Waals surface area contributed by atoms with Gasteiger partial charge in [0, 0.05) is 47.2 Å². The van der Waals surface area contributed by atoms with E-state index in [-0.39, 0.29) is 15.5 Å². The lowest BCUT2D eigenvalue weighted by Gasteiger charge is -2.14. The van der Waals surface area contributed by atoms with Crippen LogP contribution in [-0.4, -0.2) is 36.0 Å². The summed E-state index contributed by atoms with van der Waals surface area (Å²) >= 11 is 1.06. The van der Waals surface area contributed by atoms with Crippen molar-refractivity contribution in [2.75, 3.05) is 17.7 Å². The molecule has 2 amide bonds. The average molecular weight is 547 g/mol. The quantitative estimate of drug-likeness (QED) is 0.288. The van der Waals surface area contributed by atoms with Gasteiger partial charge in [0.05, 0.1) is 11.9 Å². The molecule has 0 saturated heterocycles. The summed E-state index contributed by atoms with van der Waals surface area (Å²) in [6.45, 7) is 1.78. The number of fused-ring (bicyclic) bond motifs is 1. The highest BCUT2D eigenvalue weighted by Crippen LogP contribution is 2.29. The van der Waals surface area contributed by atoms with E-state index in [2.05, 4.69) is 20.6 Å². The maximum absolute atomic E-state index is 13.4. The Morgan fingerprint density at radius 1 is 0.974 bits per heavy atom. The fourth-order valence-corrected chi connectivity index (χ4v) is 6.11. The number of carbonyl (C=O) groups is 1. The van der Waals surface area contributed by atoms with Gasteiger partial charge in [0.25, 0.3) is 15.6 Å². The Kier molecular flexibility index (Phi) is 6.66. The van der Waals surface area contributed by atoms with E-state index in [1.165, 1.54) is 22.9 Å². The second-order valence-electron chi connectivity index (χ2n) is 8.29. The molecule has 3 N–H and O–H groups in total. The van der Waals surface area contributed by atoms with Gasteiger partial charge < -0.3 is 10.6 Å². The first-order valence-corrected chi connectivity index (χ1v) is 13.7. The largest absolute Gasteiger partial charge is 0.388 e. The number of hydrogen-bond acceptors (Lipinski definition) is 8. The molecule has 0 fully saturated rings. The molecule has 4 aromatic heterocycles. The van der Waals surface area contributed by atoms with E-state index in [1.54, 1.807) is 43.7 Å². The Labute approximate surface area is 222 Å². The van der Waals surface area contributed by atoms with Crippen molar-refractivity contribution < 1.29 is 13.2 Å². The van der Waals surface area contributed by atoms with Crippen LogP contribution in [0.25, 0.3) is 27.7 Å². The first-order valence-electron chi connectivity index (χ1n) is 11.4. The van der Waals surface area contributed by atoms with Crippen LogP contribution >= 0.6 is 11.3 Å². The van der Waals surface area contributed by atoms with Crippen molar-refractivity contribution in [1.29, 1.82) is 0 Å². The number of nitrogens with one attached hydrogen (secondary N) is 3. The number of thiophene rings is 1. The van der Waals surface area contributed by atoms with E-state index in [0.29, 0.717) is 11.2 Å². The van der Waals surface area contributed by atoms with Gasteiger partial charge in [-0.05, 0) is 72.5 Å². The van der Waals surface area contributed by atoms with Crippen molar-refractivity contribution in [3.05, 3.63) is 94.6 Å². The predicted molar refractivity (Wildman–Crippen MR) is 149 cm³/mol. The van der Waals surface area contributed by atoms with Gasteiger partial charge in [-0.2, -0.15) is 0 Å². The zero-order chi connectivity index (χ0) is 26.9. The number of nitrogens with zero attached hydrogens (tertiary/aromatic N) is 3. The average Bonchev–Trinajstić information content (AvgIpc) is 3.37. The highest BCUT2D eigenvalue weighted by atomic mass is 32.2. The molecule has 0 aliphatic rings. The van der Waals surface area contributed by atoms with Crippen LogP contribution in [0.5, 0.6) is 0 Å². The fraction of sp³-hybridized carbons (Fsp3) is 0.0769. The minimum absolute atomic E-state index is 0.0427. The molecule has 5 aromatic rings. The molecule has 192 valence electrons. The Balaban J connectivity index is 1.46. The highest BCUT2D eigenvalue weighted by Gasteiger charge is 2.20. The van der Waals surface area contributed by atoms with E-state index in [1.807, 2.05) is 36.0 Å². The van der Waals surface area contributed by atoms with Gasteiger partial charge in [-0.1, -0.05) is 0 Å². The molecule has 12 heteroatoms. The lowest BCUT2D eigenvalue weighted by atomic mass is 10.0. The van der Waals surface area contributed by atoms with Crippen molar-refractivity contribution >= 4 is 49.5 Å². The van der Waals surface area contributed by atoms with Gasteiger partial charge >= 0.3 is 6.03 Å². The number of rotatable bonds is 6. The summed E-state index contributed by atoms with van der Waals surface area (Å²) < 4.78 is 28.3. The third kappa shape index (κ3) is 4.99. The van der Waals surface area contributed by atoms with Crippen LogP contribution in [0.1, 0.15) is 4.88 Å². The van der Waals surface area contributed by atoms with E-state index >= 15 is 0 Å². The van der Waals surface area contributed by atoms with Crippen molar-refractivity contribution in [2.24, 2.45) is 0 Å². The number of hydrogen-bond donors (Lipinski definition) is 3. The lowest BCUT2D eigenvalue weighted by Crippen LogP contribution is -2.34. The van der Waals surface area contributed by atoms with Gasteiger partial charge in [0.15, 0.2) is 0 Å². The van der Waals surface area contributed by atoms with Crippen molar-refractivity contribution in [3.63, 3.8) is 0 Å². The topological polar surface area (TPSA) is 135 Å². The molecule has 0 saturated carbocycles. The van der Waals surface area contributed by atoms with Crippen LogP contribution in [0.15, 0.2) is 88.4 Å². The number of sulfonamides is 1. The van der Waals surface area contributed by atoms with Crippen LogP contribution in [0.4, 0.5) is 16.2 Å². The number of benzene rings is 1. The molecule has 4 heterocycles. The van der Waals surface area contributed by atoms with Gasteiger partial charge in [-0.25, -0.2) is 22.9 Å². The highest BCUT2D eigenvalue weighted by molar-refractivity contribution is 7.92. The maximum Gasteiger partial charge on any atom is 0.333 e. The minimum Gasteiger partial charge on any atom is -0.388 e. The molecule has 0 radical (unpaired) electrons. The van der Waals surface area contributed by atoms with E-state index in [9.17, 15) is 18.0 Å². The molecule has 0 atom stereocenters.